The fraction of sp³-hybridized carbons (Fsp3) is 0.571. The van der Waals surface area contributed by atoms with Crippen LogP contribution in [0.15, 0.2) is 12.7 Å². The van der Waals surface area contributed by atoms with E-state index in [1.807, 2.05) is 6.92 Å². The zero-order valence-electron chi connectivity index (χ0n) is 6.91. The summed E-state index contributed by atoms with van der Waals surface area (Å²) in [6.07, 6.45) is 1.28. The van der Waals surface area contributed by atoms with Gasteiger partial charge in [0.2, 0.25) is 5.91 Å². The van der Waals surface area contributed by atoms with Crippen LogP contribution in [0.1, 0.15) is 6.92 Å². The molecule has 0 rings (SSSR count). The number of carbonyl (C=O) groups is 1. The van der Waals surface area contributed by atoms with Crippen LogP contribution < -0.4 is 5.73 Å². The summed E-state index contributed by atoms with van der Waals surface area (Å²) < 4.78 is 0. The van der Waals surface area contributed by atoms with E-state index in [1.54, 1.807) is 7.05 Å². The lowest BCUT2D eigenvalue weighted by molar-refractivity contribution is -0.124. The van der Waals surface area contributed by atoms with Crippen molar-refractivity contribution in [3.63, 3.8) is 0 Å². The van der Waals surface area contributed by atoms with Gasteiger partial charge in [0, 0.05) is 19.6 Å². The number of likely N-dealkylation sites (N-methyl/N-ethyl adjacent to an activating group) is 1. The number of amides is 1. The predicted molar refractivity (Wildman–Crippen MR) is 48.7 cm³/mol. The lowest BCUT2D eigenvalue weighted by Crippen LogP contribution is -2.35. The van der Waals surface area contributed by atoms with Crippen LogP contribution in [0, 0.1) is 0 Å². The molecule has 1 amide bonds. The average Bonchev–Trinajstić information content (AvgIpc) is 1.85. The van der Waals surface area contributed by atoms with Crippen LogP contribution in [-0.4, -0.2) is 30.4 Å². The van der Waals surface area contributed by atoms with Crippen LogP contribution in [0.5, 0.6) is 0 Å². The van der Waals surface area contributed by atoms with Gasteiger partial charge >= 0.3 is 0 Å². The standard InChI is InChI=1S/C7H14N2O.ClH/c1-4-7(10)9(3)5-6(2)8;/h4,6H,1,5,8H2,2-3H3;1H. The van der Waals surface area contributed by atoms with Gasteiger partial charge < -0.3 is 10.6 Å². The lowest BCUT2D eigenvalue weighted by Gasteiger charge is -2.16. The molecule has 0 aromatic heterocycles. The Kier molecular flexibility index (Phi) is 7.36. The zero-order valence-corrected chi connectivity index (χ0v) is 7.73. The van der Waals surface area contributed by atoms with Crippen molar-refractivity contribution >= 4 is 18.3 Å². The molecule has 0 aliphatic heterocycles. The number of rotatable bonds is 3. The van der Waals surface area contributed by atoms with Crippen molar-refractivity contribution < 1.29 is 4.79 Å². The molecule has 3 nitrogen and oxygen atoms in total. The number of halogens is 1. The molecule has 0 aromatic carbocycles. The molecule has 0 spiro atoms. The quantitative estimate of drug-likeness (QED) is 0.636. The van der Waals surface area contributed by atoms with Crippen molar-refractivity contribution in [3.8, 4) is 0 Å². The maximum absolute atomic E-state index is 10.8. The fourth-order valence-electron chi connectivity index (χ4n) is 0.678. The molecule has 0 aromatic rings. The first-order valence-corrected chi connectivity index (χ1v) is 3.21. The number of hydrogen-bond donors (Lipinski definition) is 1. The van der Waals surface area contributed by atoms with E-state index in [0.717, 1.165) is 0 Å². The Morgan fingerprint density at radius 1 is 1.82 bits per heavy atom. The van der Waals surface area contributed by atoms with Crippen molar-refractivity contribution in [1.82, 2.24) is 4.90 Å². The highest BCUT2D eigenvalue weighted by Crippen LogP contribution is 1.86. The number of nitrogens with two attached hydrogens (primary N) is 1. The molecule has 1 atom stereocenters. The molecule has 0 saturated heterocycles. The topological polar surface area (TPSA) is 46.3 Å². The molecule has 0 bridgehead atoms. The zero-order chi connectivity index (χ0) is 8.15. The van der Waals surface area contributed by atoms with Crippen molar-refractivity contribution in [2.45, 2.75) is 13.0 Å². The largest absolute Gasteiger partial charge is 0.341 e. The van der Waals surface area contributed by atoms with Crippen molar-refractivity contribution in [1.29, 1.82) is 0 Å². The van der Waals surface area contributed by atoms with E-state index in [1.165, 1.54) is 11.0 Å². The Morgan fingerprint density at radius 2 is 2.27 bits per heavy atom. The molecule has 4 heteroatoms. The maximum Gasteiger partial charge on any atom is 0.245 e. The predicted octanol–water partition coefficient (Wildman–Crippen LogP) is 0.400. The van der Waals surface area contributed by atoms with Gasteiger partial charge in [0.05, 0.1) is 0 Å². The van der Waals surface area contributed by atoms with Gasteiger partial charge in [-0.1, -0.05) is 6.58 Å². The van der Waals surface area contributed by atoms with Crippen molar-refractivity contribution in [2.24, 2.45) is 5.73 Å². The highest BCUT2D eigenvalue weighted by Gasteiger charge is 2.04. The summed E-state index contributed by atoms with van der Waals surface area (Å²) in [6.45, 7) is 5.79. The Labute approximate surface area is 73.7 Å². The van der Waals surface area contributed by atoms with Crippen LogP contribution >= 0.6 is 12.4 Å². The first kappa shape index (κ1) is 13.1. The van der Waals surface area contributed by atoms with Gasteiger partial charge in [-0.3, -0.25) is 4.79 Å². The van der Waals surface area contributed by atoms with Gasteiger partial charge in [0.25, 0.3) is 0 Å². The van der Waals surface area contributed by atoms with Gasteiger partial charge in [0.1, 0.15) is 0 Å². The highest BCUT2D eigenvalue weighted by molar-refractivity contribution is 5.86. The number of nitrogens with zero attached hydrogens (tertiary/aromatic N) is 1. The SMILES string of the molecule is C=CC(=O)N(C)CC(C)N.Cl. The average molecular weight is 179 g/mol. The summed E-state index contributed by atoms with van der Waals surface area (Å²) in [6, 6.07) is 0.0221. The van der Waals surface area contributed by atoms with Crippen LogP contribution in [-0.2, 0) is 4.79 Å². The molecule has 66 valence electrons. The van der Waals surface area contributed by atoms with E-state index in [9.17, 15) is 4.79 Å². The van der Waals surface area contributed by atoms with Gasteiger partial charge in [0.15, 0.2) is 0 Å². The Morgan fingerprint density at radius 3 is 2.55 bits per heavy atom. The molecule has 0 fully saturated rings. The van der Waals surface area contributed by atoms with E-state index in [4.69, 9.17) is 5.73 Å². The van der Waals surface area contributed by atoms with Crippen LogP contribution in [0.4, 0.5) is 0 Å². The minimum Gasteiger partial charge on any atom is -0.341 e. The molecular weight excluding hydrogens is 164 g/mol. The second kappa shape index (κ2) is 6.19. The van der Waals surface area contributed by atoms with Crippen LogP contribution in [0.25, 0.3) is 0 Å². The summed E-state index contributed by atoms with van der Waals surface area (Å²) in [5.41, 5.74) is 5.46. The molecule has 2 N–H and O–H groups in total. The monoisotopic (exact) mass is 178 g/mol. The first-order valence-electron chi connectivity index (χ1n) is 3.21. The van der Waals surface area contributed by atoms with Crippen LogP contribution in [0.3, 0.4) is 0 Å². The Balaban J connectivity index is 0. The second-order valence-corrected chi connectivity index (χ2v) is 2.40. The molecule has 0 heterocycles. The van der Waals surface area contributed by atoms with Crippen molar-refractivity contribution in [2.75, 3.05) is 13.6 Å². The summed E-state index contributed by atoms with van der Waals surface area (Å²) in [4.78, 5) is 12.3. The van der Waals surface area contributed by atoms with E-state index < -0.39 is 0 Å². The molecular formula is C7H15ClN2O. The van der Waals surface area contributed by atoms with Gasteiger partial charge in [-0.25, -0.2) is 0 Å². The molecule has 0 aliphatic rings. The third kappa shape index (κ3) is 5.88. The molecule has 0 saturated carbocycles. The second-order valence-electron chi connectivity index (χ2n) is 2.40. The first-order chi connectivity index (χ1) is 4.57. The molecule has 1 unspecified atom stereocenters. The molecule has 11 heavy (non-hydrogen) atoms. The van der Waals surface area contributed by atoms with Gasteiger partial charge in [-0.05, 0) is 13.0 Å². The number of carbonyl (C=O) groups excluding carboxylic acids is 1. The normalized spacial score (nSPS) is 11.2. The third-order valence-electron chi connectivity index (χ3n) is 1.11. The third-order valence-corrected chi connectivity index (χ3v) is 1.11. The van der Waals surface area contributed by atoms with E-state index in [0.29, 0.717) is 6.54 Å². The van der Waals surface area contributed by atoms with Gasteiger partial charge in [-0.15, -0.1) is 12.4 Å². The smallest absolute Gasteiger partial charge is 0.245 e. The minimum atomic E-state index is -0.0858. The maximum atomic E-state index is 10.8. The summed E-state index contributed by atoms with van der Waals surface area (Å²) >= 11 is 0. The van der Waals surface area contributed by atoms with E-state index in [-0.39, 0.29) is 24.4 Å². The Hall–Kier alpha value is -0.540. The molecule has 0 radical (unpaired) electrons. The fourth-order valence-corrected chi connectivity index (χ4v) is 0.678. The summed E-state index contributed by atoms with van der Waals surface area (Å²) in [7, 11) is 1.70. The molecule has 0 aliphatic carbocycles. The summed E-state index contributed by atoms with van der Waals surface area (Å²) in [5, 5.41) is 0. The summed E-state index contributed by atoms with van der Waals surface area (Å²) in [5.74, 6) is -0.0858. The highest BCUT2D eigenvalue weighted by atomic mass is 35.5. The minimum absolute atomic E-state index is 0. The van der Waals surface area contributed by atoms with Crippen LogP contribution in [0.2, 0.25) is 0 Å². The number of hydrogen-bond acceptors (Lipinski definition) is 2. The lowest BCUT2D eigenvalue weighted by atomic mass is 10.3. The van der Waals surface area contributed by atoms with E-state index >= 15 is 0 Å². The van der Waals surface area contributed by atoms with E-state index in [2.05, 4.69) is 6.58 Å². The van der Waals surface area contributed by atoms with Crippen molar-refractivity contribution in [3.05, 3.63) is 12.7 Å². The Bertz CT molecular complexity index is 136. The van der Waals surface area contributed by atoms with Gasteiger partial charge in [-0.2, -0.15) is 0 Å².